The van der Waals surface area contributed by atoms with E-state index in [0.29, 0.717) is 52.6 Å². The first-order chi connectivity index (χ1) is 16.3. The lowest BCUT2D eigenvalue weighted by Crippen LogP contribution is -2.59. The molecule has 1 unspecified atom stereocenters. The number of carbonyl (C=O) groups excluding carboxylic acids is 1. The highest BCUT2D eigenvalue weighted by atomic mass is 16.1. The third kappa shape index (κ3) is 3.86. The highest BCUT2D eigenvalue weighted by molar-refractivity contribution is 5.94. The molecule has 4 aliphatic carbocycles. The maximum absolute atomic E-state index is 13.8. The Morgan fingerprint density at radius 1 is 0.944 bits per heavy atom. The second-order valence-electron chi connectivity index (χ2n) is 17.0. The lowest BCUT2D eigenvalue weighted by atomic mass is 9.39. The van der Waals surface area contributed by atoms with Crippen molar-refractivity contribution in [2.75, 3.05) is 0 Å². The topological polar surface area (TPSA) is 17.1 Å². The molecule has 0 saturated heterocycles. The van der Waals surface area contributed by atoms with Crippen molar-refractivity contribution in [3.63, 3.8) is 0 Å². The first-order valence-corrected chi connectivity index (χ1v) is 15.6. The lowest BCUT2D eigenvalue weighted by molar-refractivity contribution is -0.139. The van der Waals surface area contributed by atoms with Crippen molar-refractivity contribution in [1.82, 2.24) is 0 Å². The maximum Gasteiger partial charge on any atom is 0.159 e. The number of hydrogen-bond donors (Lipinski definition) is 0. The molecule has 3 saturated carbocycles. The van der Waals surface area contributed by atoms with Gasteiger partial charge >= 0.3 is 0 Å². The molecule has 0 radical (unpaired) electrons. The summed E-state index contributed by atoms with van der Waals surface area (Å²) in [5.74, 6) is 5.38. The molecule has 10 atom stereocenters. The van der Waals surface area contributed by atoms with Crippen LogP contribution in [-0.4, -0.2) is 5.78 Å². The number of fused-ring (bicyclic) bond motifs is 5. The van der Waals surface area contributed by atoms with E-state index in [0.717, 1.165) is 6.42 Å². The second-order valence-corrected chi connectivity index (χ2v) is 17.0. The molecule has 206 valence electrons. The van der Waals surface area contributed by atoms with Gasteiger partial charge in [0.25, 0.3) is 0 Å². The van der Waals surface area contributed by atoms with Gasteiger partial charge < -0.3 is 0 Å². The Labute approximate surface area is 225 Å². The van der Waals surface area contributed by atoms with Crippen LogP contribution in [0, 0.1) is 74.4 Å². The largest absolute Gasteiger partial charge is 0.295 e. The van der Waals surface area contributed by atoms with E-state index in [1.54, 1.807) is 5.57 Å². The first-order valence-electron chi connectivity index (χ1n) is 15.6. The fraction of sp³-hybridized carbons (Fsp3) is 0.914. The molecule has 0 aliphatic heterocycles. The highest BCUT2D eigenvalue weighted by Crippen LogP contribution is 2.75. The van der Waals surface area contributed by atoms with E-state index >= 15 is 0 Å². The molecule has 0 bridgehead atoms. The summed E-state index contributed by atoms with van der Waals surface area (Å²) in [5.41, 5.74) is 2.76. The summed E-state index contributed by atoms with van der Waals surface area (Å²) in [4.78, 5) is 13.8. The van der Waals surface area contributed by atoms with Crippen LogP contribution in [0.3, 0.4) is 0 Å². The van der Waals surface area contributed by atoms with Crippen molar-refractivity contribution in [3.05, 3.63) is 11.6 Å². The van der Waals surface area contributed by atoms with Gasteiger partial charge in [0.05, 0.1) is 0 Å². The molecule has 3 fully saturated rings. The van der Waals surface area contributed by atoms with Gasteiger partial charge in [-0.15, -0.1) is 0 Å². The summed E-state index contributed by atoms with van der Waals surface area (Å²) < 4.78 is 0. The minimum atomic E-state index is 0.138. The smallest absolute Gasteiger partial charge is 0.159 e. The van der Waals surface area contributed by atoms with E-state index in [2.05, 4.69) is 96.1 Å². The van der Waals surface area contributed by atoms with Crippen molar-refractivity contribution >= 4 is 5.78 Å². The van der Waals surface area contributed by atoms with E-state index in [4.69, 9.17) is 0 Å². The van der Waals surface area contributed by atoms with E-state index < -0.39 is 0 Å². The molecule has 0 amide bonds. The van der Waals surface area contributed by atoms with Crippen LogP contribution in [0.1, 0.15) is 129 Å². The zero-order valence-electron chi connectivity index (χ0n) is 26.3. The second kappa shape index (κ2) is 8.71. The molecule has 4 aliphatic rings. The summed E-state index contributed by atoms with van der Waals surface area (Å²) >= 11 is 0. The maximum atomic E-state index is 13.8. The minimum Gasteiger partial charge on any atom is -0.295 e. The summed E-state index contributed by atoms with van der Waals surface area (Å²) in [6.07, 6.45) is 9.72. The molecule has 36 heavy (non-hydrogen) atoms. The molecule has 0 aromatic rings. The molecule has 4 rings (SSSR count). The zero-order valence-corrected chi connectivity index (χ0v) is 26.3. The van der Waals surface area contributed by atoms with Crippen LogP contribution in [0.25, 0.3) is 0 Å². The molecular weight excluding hydrogens is 436 g/mol. The zero-order chi connectivity index (χ0) is 27.2. The van der Waals surface area contributed by atoms with Gasteiger partial charge in [0.15, 0.2) is 5.78 Å². The molecule has 0 aromatic heterocycles. The fourth-order valence-electron chi connectivity index (χ4n) is 10.7. The van der Waals surface area contributed by atoms with Crippen LogP contribution >= 0.6 is 0 Å². The van der Waals surface area contributed by atoms with Gasteiger partial charge in [-0.1, -0.05) is 95.6 Å². The van der Waals surface area contributed by atoms with Crippen molar-refractivity contribution in [1.29, 1.82) is 0 Å². The van der Waals surface area contributed by atoms with Crippen molar-refractivity contribution in [2.45, 2.75) is 129 Å². The lowest BCUT2D eigenvalue weighted by Gasteiger charge is -2.64. The van der Waals surface area contributed by atoms with E-state index in [1.807, 2.05) is 0 Å². The molecule has 0 heterocycles. The molecular formula is C35H60O. The number of carbonyl (C=O) groups is 1. The predicted molar refractivity (Wildman–Crippen MR) is 155 cm³/mol. The molecule has 1 nitrogen and oxygen atoms in total. The molecule has 0 N–H and O–H groups in total. The number of ketones is 1. The van der Waals surface area contributed by atoms with Crippen molar-refractivity contribution < 1.29 is 4.79 Å². The van der Waals surface area contributed by atoms with Gasteiger partial charge in [0, 0.05) is 5.92 Å². The van der Waals surface area contributed by atoms with Crippen LogP contribution in [-0.2, 0) is 4.79 Å². The van der Waals surface area contributed by atoms with Gasteiger partial charge in [0.2, 0.25) is 0 Å². The predicted octanol–water partition coefficient (Wildman–Crippen LogP) is 10.00. The Balaban J connectivity index is 1.73. The first kappa shape index (κ1) is 28.4. The van der Waals surface area contributed by atoms with E-state index in [1.165, 1.54) is 32.1 Å². The molecule has 0 spiro atoms. The van der Waals surface area contributed by atoms with E-state index in [-0.39, 0.29) is 27.6 Å². The summed E-state index contributed by atoms with van der Waals surface area (Å²) in [7, 11) is 0. The van der Waals surface area contributed by atoms with Gasteiger partial charge in [-0.05, 0) is 113 Å². The Morgan fingerprint density at radius 3 is 2.14 bits per heavy atom. The number of allylic oxidation sites excluding steroid dienone is 2. The van der Waals surface area contributed by atoms with Gasteiger partial charge in [-0.25, -0.2) is 0 Å². The van der Waals surface area contributed by atoms with Gasteiger partial charge in [-0.3, -0.25) is 4.79 Å². The summed E-state index contributed by atoms with van der Waals surface area (Å²) in [5, 5.41) is 0. The van der Waals surface area contributed by atoms with Crippen LogP contribution in [0.2, 0.25) is 0 Å². The SMILES string of the molecule is CC(C)C(C)(C)C[C@@H](C)C(C)(C)[C@H]1CC[C@@]2(C)C3=CC(=O)[C@@H]4C[C@@H](C)[C@@H](C)C[C@]4(C)C3[C@H](C)C[C@]12C. The quantitative estimate of drug-likeness (QED) is 0.370. The normalized spacial score (nSPS) is 46.2. The average Bonchev–Trinajstić information content (AvgIpc) is 3.01. The van der Waals surface area contributed by atoms with Gasteiger partial charge in [-0.2, -0.15) is 0 Å². The monoisotopic (exact) mass is 496 g/mol. The number of rotatable bonds is 5. The number of hydrogen-bond acceptors (Lipinski definition) is 1. The molecule has 1 heteroatoms. The van der Waals surface area contributed by atoms with Crippen LogP contribution in [0.15, 0.2) is 11.6 Å². The van der Waals surface area contributed by atoms with Gasteiger partial charge in [0.1, 0.15) is 0 Å². The Bertz CT molecular complexity index is 906. The van der Waals surface area contributed by atoms with E-state index in [9.17, 15) is 4.79 Å². The van der Waals surface area contributed by atoms with Crippen LogP contribution < -0.4 is 0 Å². The third-order valence-electron chi connectivity index (χ3n) is 14.3. The Kier molecular flexibility index (Phi) is 6.88. The minimum absolute atomic E-state index is 0.138. The van der Waals surface area contributed by atoms with Crippen molar-refractivity contribution in [3.8, 4) is 0 Å². The fourth-order valence-corrected chi connectivity index (χ4v) is 10.7. The Morgan fingerprint density at radius 2 is 1.56 bits per heavy atom. The van der Waals surface area contributed by atoms with Crippen LogP contribution in [0.5, 0.6) is 0 Å². The van der Waals surface area contributed by atoms with Crippen molar-refractivity contribution in [2.24, 2.45) is 74.4 Å². The molecule has 0 aromatic carbocycles. The highest BCUT2D eigenvalue weighted by Gasteiger charge is 2.68. The summed E-state index contributed by atoms with van der Waals surface area (Å²) in [6.45, 7) is 32.6. The summed E-state index contributed by atoms with van der Waals surface area (Å²) in [6, 6.07) is 0. The average molecular weight is 497 g/mol. The van der Waals surface area contributed by atoms with Crippen LogP contribution in [0.4, 0.5) is 0 Å². The standard InChI is InChI=1S/C35H60O/c1-21(2)31(7,8)20-25(6)32(9,10)29-14-15-34(12)27-17-28(36)26-16-22(3)23(4)18-33(26,11)30(27)24(5)19-35(29,34)13/h17,21-26,29-30H,14-16,18-20H2,1-13H3/t22-,23+,24-,25-,26+,29-,30?,33+,34+,35-/m1/s1. The Hall–Kier alpha value is -0.590. The third-order valence-corrected chi connectivity index (χ3v) is 14.3.